The number of fused-ring (bicyclic) bond motifs is 1. The van der Waals surface area contributed by atoms with E-state index in [2.05, 4.69) is 10.6 Å². The molecule has 1 heterocycles. The van der Waals surface area contributed by atoms with Gasteiger partial charge in [0, 0.05) is 24.6 Å². The van der Waals surface area contributed by atoms with Crippen molar-refractivity contribution in [2.75, 3.05) is 13.1 Å². The predicted octanol–water partition coefficient (Wildman–Crippen LogP) is 0.242. The molecule has 4 amide bonds. The van der Waals surface area contributed by atoms with E-state index in [4.69, 9.17) is 0 Å². The lowest BCUT2D eigenvalue weighted by molar-refractivity contribution is -0.130. The second kappa shape index (κ2) is 7.72. The van der Waals surface area contributed by atoms with Crippen LogP contribution in [0.4, 0.5) is 0 Å². The molecule has 0 saturated carbocycles. The van der Waals surface area contributed by atoms with Crippen LogP contribution >= 0.6 is 0 Å². The summed E-state index contributed by atoms with van der Waals surface area (Å²) in [4.78, 5) is 48.8. The van der Waals surface area contributed by atoms with Crippen LogP contribution in [0, 0.1) is 0 Å². The fraction of sp³-hybridized carbons (Fsp3) is 0.412. The van der Waals surface area contributed by atoms with E-state index in [0.717, 1.165) is 4.90 Å². The van der Waals surface area contributed by atoms with Gasteiger partial charge in [-0.1, -0.05) is 18.2 Å². The first-order valence-corrected chi connectivity index (χ1v) is 7.87. The molecule has 1 aromatic rings. The zero-order chi connectivity index (χ0) is 17.7. The van der Waals surface area contributed by atoms with Crippen LogP contribution in [0.15, 0.2) is 24.3 Å². The highest BCUT2D eigenvalue weighted by atomic mass is 16.2. The summed E-state index contributed by atoms with van der Waals surface area (Å²) < 4.78 is 0. The summed E-state index contributed by atoms with van der Waals surface area (Å²) in [6, 6.07) is 6.95. The van der Waals surface area contributed by atoms with Crippen LogP contribution in [0.3, 0.4) is 0 Å². The molecule has 2 rings (SSSR count). The highest BCUT2D eigenvalue weighted by Gasteiger charge is 2.30. The van der Waals surface area contributed by atoms with Gasteiger partial charge in [-0.25, -0.2) is 0 Å². The van der Waals surface area contributed by atoms with Crippen LogP contribution in [0.2, 0.25) is 0 Å². The third-order valence-electron chi connectivity index (χ3n) is 3.59. The molecule has 128 valence electrons. The van der Waals surface area contributed by atoms with Crippen molar-refractivity contribution in [2.24, 2.45) is 0 Å². The van der Waals surface area contributed by atoms with Gasteiger partial charge in [0.2, 0.25) is 17.7 Å². The molecule has 2 N–H and O–H groups in total. The van der Waals surface area contributed by atoms with Gasteiger partial charge in [0.1, 0.15) is 0 Å². The van der Waals surface area contributed by atoms with Crippen LogP contribution in [0.5, 0.6) is 0 Å². The van der Waals surface area contributed by atoms with Crippen LogP contribution in [0.25, 0.3) is 0 Å². The lowest BCUT2D eigenvalue weighted by Gasteiger charge is -2.26. The Hall–Kier alpha value is -2.70. The molecular formula is C17H21N3O4. The van der Waals surface area contributed by atoms with E-state index in [-0.39, 0.29) is 55.6 Å². The fourth-order valence-electron chi connectivity index (χ4n) is 2.48. The van der Waals surface area contributed by atoms with Crippen LogP contribution in [-0.4, -0.2) is 47.7 Å². The summed E-state index contributed by atoms with van der Waals surface area (Å²) in [5.41, 5.74) is 1.20. The number of carbonyl (C=O) groups is 4. The quantitative estimate of drug-likeness (QED) is 0.730. The molecule has 0 fully saturated rings. The molecule has 1 aliphatic rings. The van der Waals surface area contributed by atoms with Crippen LogP contribution in [0.1, 0.15) is 36.2 Å². The van der Waals surface area contributed by atoms with Gasteiger partial charge in [-0.15, -0.1) is 0 Å². The average molecular weight is 331 g/mol. The van der Waals surface area contributed by atoms with Crippen molar-refractivity contribution in [1.29, 1.82) is 0 Å². The number of rotatable bonds is 6. The van der Waals surface area contributed by atoms with Gasteiger partial charge >= 0.3 is 0 Å². The zero-order valence-electron chi connectivity index (χ0n) is 13.8. The number of amides is 4. The molecule has 1 aromatic carbocycles. The molecule has 0 atom stereocenters. The molecule has 0 saturated heterocycles. The first-order valence-electron chi connectivity index (χ1n) is 7.87. The van der Waals surface area contributed by atoms with E-state index in [1.54, 1.807) is 24.3 Å². The summed E-state index contributed by atoms with van der Waals surface area (Å²) in [5.74, 6) is -1.36. The molecular weight excluding hydrogens is 310 g/mol. The predicted molar refractivity (Wildman–Crippen MR) is 87.1 cm³/mol. The molecule has 0 bridgehead atoms. The number of nitrogens with zero attached hydrogens (tertiary/aromatic N) is 1. The smallest absolute Gasteiger partial charge is 0.260 e. The topological polar surface area (TPSA) is 95.6 Å². The van der Waals surface area contributed by atoms with E-state index in [9.17, 15) is 19.2 Å². The lowest BCUT2D eigenvalue weighted by atomic mass is 9.98. The van der Waals surface area contributed by atoms with Gasteiger partial charge in [0.15, 0.2) is 0 Å². The molecule has 0 aliphatic carbocycles. The minimum atomic E-state index is -0.382. The molecule has 0 spiro atoms. The highest BCUT2D eigenvalue weighted by molar-refractivity contribution is 6.09. The summed E-state index contributed by atoms with van der Waals surface area (Å²) in [5, 5.41) is 5.13. The summed E-state index contributed by atoms with van der Waals surface area (Å²) >= 11 is 0. The van der Waals surface area contributed by atoms with E-state index in [1.807, 2.05) is 13.8 Å². The Bertz CT molecular complexity index is 670. The van der Waals surface area contributed by atoms with E-state index in [0.29, 0.717) is 11.1 Å². The van der Waals surface area contributed by atoms with Crippen molar-refractivity contribution in [2.45, 2.75) is 32.7 Å². The van der Waals surface area contributed by atoms with Crippen molar-refractivity contribution in [3.63, 3.8) is 0 Å². The van der Waals surface area contributed by atoms with Gasteiger partial charge in [0.05, 0.1) is 13.0 Å². The number of imide groups is 1. The maximum atomic E-state index is 12.3. The number of nitrogens with one attached hydrogen (secondary N) is 2. The standard InChI is InChI=1S/C17H21N3O4/c1-11(2)19-15(22)10-18-14(21)7-8-20-16(23)9-12-5-3-4-6-13(12)17(20)24/h3-6,11H,7-10H2,1-2H3,(H,18,21)(H,19,22). The first-order chi connectivity index (χ1) is 11.4. The first kappa shape index (κ1) is 17.7. The summed E-state index contributed by atoms with van der Waals surface area (Å²) in [6.07, 6.45) is 0.120. The number of hydrogen-bond donors (Lipinski definition) is 2. The van der Waals surface area contributed by atoms with Crippen LogP contribution < -0.4 is 10.6 Å². The largest absolute Gasteiger partial charge is 0.352 e. The van der Waals surface area contributed by atoms with Crippen molar-refractivity contribution < 1.29 is 19.2 Å². The molecule has 0 aromatic heterocycles. The van der Waals surface area contributed by atoms with E-state index >= 15 is 0 Å². The maximum absolute atomic E-state index is 12.3. The Morgan fingerprint density at radius 1 is 1.17 bits per heavy atom. The Labute approximate surface area is 140 Å². The Morgan fingerprint density at radius 2 is 1.88 bits per heavy atom. The Balaban J connectivity index is 1.86. The Kier molecular flexibility index (Phi) is 5.68. The fourth-order valence-corrected chi connectivity index (χ4v) is 2.48. The molecule has 0 radical (unpaired) electrons. The van der Waals surface area contributed by atoms with Crippen molar-refractivity contribution in [3.05, 3.63) is 35.4 Å². The number of carbonyl (C=O) groups excluding carboxylic acids is 4. The van der Waals surface area contributed by atoms with E-state index < -0.39 is 0 Å². The molecule has 1 aliphatic heterocycles. The van der Waals surface area contributed by atoms with Crippen LogP contribution in [-0.2, 0) is 20.8 Å². The molecule has 7 heteroatoms. The summed E-state index contributed by atoms with van der Waals surface area (Å²) in [6.45, 7) is 3.53. The summed E-state index contributed by atoms with van der Waals surface area (Å²) in [7, 11) is 0. The molecule has 0 unspecified atom stereocenters. The third-order valence-corrected chi connectivity index (χ3v) is 3.59. The monoisotopic (exact) mass is 331 g/mol. The number of hydrogen-bond acceptors (Lipinski definition) is 4. The number of benzene rings is 1. The van der Waals surface area contributed by atoms with Gasteiger partial charge in [0.25, 0.3) is 5.91 Å². The molecule has 24 heavy (non-hydrogen) atoms. The van der Waals surface area contributed by atoms with Gasteiger partial charge < -0.3 is 10.6 Å². The van der Waals surface area contributed by atoms with Gasteiger partial charge in [-0.05, 0) is 25.5 Å². The second-order valence-electron chi connectivity index (χ2n) is 5.93. The second-order valence-corrected chi connectivity index (χ2v) is 5.93. The highest BCUT2D eigenvalue weighted by Crippen LogP contribution is 2.19. The maximum Gasteiger partial charge on any atom is 0.260 e. The van der Waals surface area contributed by atoms with Crippen molar-refractivity contribution in [1.82, 2.24) is 15.5 Å². The van der Waals surface area contributed by atoms with Crippen molar-refractivity contribution >= 4 is 23.6 Å². The minimum Gasteiger partial charge on any atom is -0.352 e. The third kappa shape index (κ3) is 4.41. The normalized spacial score (nSPS) is 13.7. The minimum absolute atomic E-state index is 0.00179. The SMILES string of the molecule is CC(C)NC(=O)CNC(=O)CCN1C(=O)Cc2ccccc2C1=O. The van der Waals surface area contributed by atoms with E-state index in [1.165, 1.54) is 0 Å². The Morgan fingerprint density at radius 3 is 2.58 bits per heavy atom. The van der Waals surface area contributed by atoms with Crippen molar-refractivity contribution in [3.8, 4) is 0 Å². The average Bonchev–Trinajstić information content (AvgIpc) is 2.52. The van der Waals surface area contributed by atoms with Gasteiger partial charge in [-0.2, -0.15) is 0 Å². The zero-order valence-corrected chi connectivity index (χ0v) is 13.8. The molecule has 7 nitrogen and oxygen atoms in total. The lowest BCUT2D eigenvalue weighted by Crippen LogP contribution is -2.45. The van der Waals surface area contributed by atoms with Gasteiger partial charge in [-0.3, -0.25) is 24.1 Å².